The predicted octanol–water partition coefficient (Wildman–Crippen LogP) is 0.857. The summed E-state index contributed by atoms with van der Waals surface area (Å²) in [5.74, 6) is 5.55. The molecule has 3 saturated heterocycles. The minimum atomic E-state index is 0.141. The lowest BCUT2D eigenvalue weighted by molar-refractivity contribution is -0.282. The SMILES string of the molecule is C12C3C4C1C1C2C3[SiH]41. The van der Waals surface area contributed by atoms with Gasteiger partial charge in [0.15, 0.2) is 0 Å². The van der Waals surface area contributed by atoms with Crippen LogP contribution in [-0.2, 0) is 0 Å². The Balaban J connectivity index is 2.00. The van der Waals surface area contributed by atoms with Crippen molar-refractivity contribution in [1.29, 1.82) is 0 Å². The van der Waals surface area contributed by atoms with E-state index in [2.05, 4.69) is 0 Å². The molecule has 0 bridgehead atoms. The average Bonchev–Trinajstić information content (AvgIpc) is 1.90. The highest BCUT2D eigenvalue weighted by Gasteiger charge is 2.98. The molecule has 40 valence electrons. The molecule has 0 N–H and O–H groups in total. The van der Waals surface area contributed by atoms with E-state index >= 15 is 0 Å². The Morgan fingerprint density at radius 2 is 1.12 bits per heavy atom. The third kappa shape index (κ3) is 0.0728. The Kier molecular flexibility index (Phi) is 0.170. The fraction of sp³-hybridized carbons (Fsp3) is 1.00. The number of hydrogen-bond donors (Lipinski definition) is 0. The van der Waals surface area contributed by atoms with Gasteiger partial charge in [0, 0.05) is 8.80 Å². The molecule has 0 aromatic rings. The summed E-state index contributed by atoms with van der Waals surface area (Å²) in [5.41, 5.74) is 4.42. The fourth-order valence-electron chi connectivity index (χ4n) is 5.29. The zero-order chi connectivity index (χ0) is 4.62. The topological polar surface area (TPSA) is 0 Å². The van der Waals surface area contributed by atoms with Gasteiger partial charge in [-0.3, -0.25) is 0 Å². The van der Waals surface area contributed by atoms with E-state index in [9.17, 15) is 0 Å². The third-order valence-electron chi connectivity index (χ3n) is 5.33. The van der Waals surface area contributed by atoms with Crippen molar-refractivity contribution in [3.63, 3.8) is 0 Å². The van der Waals surface area contributed by atoms with E-state index in [1.54, 1.807) is 0 Å². The Hall–Kier alpha value is 0.217. The van der Waals surface area contributed by atoms with Crippen LogP contribution in [0.2, 0.25) is 16.6 Å². The van der Waals surface area contributed by atoms with Gasteiger partial charge in [0.1, 0.15) is 0 Å². The van der Waals surface area contributed by atoms with E-state index < -0.39 is 0 Å². The molecule has 6 rings (SSSR count). The standard InChI is InChI=1S/C7H8Si/c1-2-5-3(1)7-4(1)6(2)8(5)7/h1-8H. The minimum Gasteiger partial charge on any atom is -0.0413 e. The number of rotatable bonds is 0. The van der Waals surface area contributed by atoms with Gasteiger partial charge in [-0.05, 0) is 40.3 Å². The molecular formula is C7H8Si. The van der Waals surface area contributed by atoms with Gasteiger partial charge in [-0.25, -0.2) is 0 Å². The summed E-state index contributed by atoms with van der Waals surface area (Å²) >= 11 is 0. The summed E-state index contributed by atoms with van der Waals surface area (Å²) < 4.78 is 0. The number of hydrogen-bond acceptors (Lipinski definition) is 0. The van der Waals surface area contributed by atoms with Crippen molar-refractivity contribution in [3.05, 3.63) is 0 Å². The van der Waals surface area contributed by atoms with Crippen LogP contribution in [0.25, 0.3) is 0 Å². The van der Waals surface area contributed by atoms with Crippen molar-refractivity contribution in [2.75, 3.05) is 0 Å². The molecule has 3 aliphatic heterocycles. The van der Waals surface area contributed by atoms with Gasteiger partial charge < -0.3 is 0 Å². The maximum absolute atomic E-state index is 1.47. The Bertz CT molecular complexity index is 114. The summed E-state index contributed by atoms with van der Waals surface area (Å²) in [6, 6.07) is 0. The van der Waals surface area contributed by atoms with E-state index in [1.807, 2.05) is 0 Å². The van der Waals surface area contributed by atoms with Gasteiger partial charge in [0.2, 0.25) is 0 Å². The van der Waals surface area contributed by atoms with E-state index in [1.165, 1.54) is 40.3 Å². The third-order valence-corrected chi connectivity index (χ3v) is 10.7. The summed E-state index contributed by atoms with van der Waals surface area (Å²) in [6.07, 6.45) is 0. The zero-order valence-corrected chi connectivity index (χ0v) is 5.77. The van der Waals surface area contributed by atoms with E-state index in [-0.39, 0.29) is 8.80 Å². The summed E-state index contributed by atoms with van der Waals surface area (Å²) in [5, 5.41) is 0. The maximum atomic E-state index is 1.47. The highest BCUT2D eigenvalue weighted by atomic mass is 28.3. The normalized spacial score (nSPS) is 108. The molecule has 6 aliphatic rings. The van der Waals surface area contributed by atoms with Crippen LogP contribution in [0.4, 0.5) is 0 Å². The van der Waals surface area contributed by atoms with Crippen LogP contribution >= 0.6 is 0 Å². The maximum Gasteiger partial charge on any atom is 0.0478 e. The Morgan fingerprint density at radius 3 is 1.25 bits per heavy atom. The first-order chi connectivity index (χ1) is 4.00. The predicted molar refractivity (Wildman–Crippen MR) is 32.4 cm³/mol. The Labute approximate surface area is 49.9 Å². The molecule has 3 saturated carbocycles. The summed E-state index contributed by atoms with van der Waals surface area (Å²) in [4.78, 5) is 0. The lowest BCUT2D eigenvalue weighted by Gasteiger charge is -3.03. The lowest BCUT2D eigenvalue weighted by Crippen LogP contribution is -2.97. The van der Waals surface area contributed by atoms with Crippen LogP contribution in [0.1, 0.15) is 0 Å². The molecule has 8 heavy (non-hydrogen) atoms. The van der Waals surface area contributed by atoms with Gasteiger partial charge >= 0.3 is 0 Å². The summed E-state index contributed by atoms with van der Waals surface area (Å²) in [7, 11) is 0.141. The van der Waals surface area contributed by atoms with Gasteiger partial charge in [-0.2, -0.15) is 0 Å². The molecule has 6 fully saturated rings. The molecule has 0 aromatic carbocycles. The highest BCUT2D eigenvalue weighted by Crippen LogP contribution is 3.04. The van der Waals surface area contributed by atoms with Crippen molar-refractivity contribution in [2.24, 2.45) is 23.7 Å². The van der Waals surface area contributed by atoms with Crippen LogP contribution in [0.15, 0.2) is 0 Å². The molecule has 3 aliphatic carbocycles. The molecule has 0 amide bonds. The smallest absolute Gasteiger partial charge is 0.0413 e. The quantitative estimate of drug-likeness (QED) is 0.416. The van der Waals surface area contributed by atoms with E-state index in [0.29, 0.717) is 0 Å². The molecule has 0 unspecified atom stereocenters. The first-order valence-corrected chi connectivity index (χ1v) is 6.00. The molecule has 0 nitrogen and oxygen atoms in total. The molecule has 0 atom stereocenters. The van der Waals surface area contributed by atoms with E-state index in [4.69, 9.17) is 0 Å². The van der Waals surface area contributed by atoms with Crippen LogP contribution in [0.5, 0.6) is 0 Å². The fourth-order valence-corrected chi connectivity index (χ4v) is 11.7. The molecule has 0 radical (unpaired) electrons. The van der Waals surface area contributed by atoms with Gasteiger partial charge in [-0.1, -0.05) is 0 Å². The second kappa shape index (κ2) is 0.476. The first-order valence-electron chi connectivity index (χ1n) is 4.00. The first kappa shape index (κ1) is 2.87. The largest absolute Gasteiger partial charge is 0.0478 e. The average molecular weight is 120 g/mol. The minimum absolute atomic E-state index is 0.141. The van der Waals surface area contributed by atoms with Crippen molar-refractivity contribution in [3.8, 4) is 0 Å². The monoisotopic (exact) mass is 120 g/mol. The van der Waals surface area contributed by atoms with Crippen LogP contribution in [0, 0.1) is 23.7 Å². The molecule has 0 spiro atoms. The Morgan fingerprint density at radius 1 is 0.625 bits per heavy atom. The van der Waals surface area contributed by atoms with Gasteiger partial charge in [0.05, 0.1) is 0 Å². The van der Waals surface area contributed by atoms with Gasteiger partial charge in [0.25, 0.3) is 0 Å². The van der Waals surface area contributed by atoms with Crippen molar-refractivity contribution >= 4 is 8.80 Å². The van der Waals surface area contributed by atoms with Gasteiger partial charge in [-0.15, -0.1) is 0 Å². The molecular weight excluding hydrogens is 112 g/mol. The zero-order valence-electron chi connectivity index (χ0n) is 4.62. The van der Waals surface area contributed by atoms with Crippen LogP contribution in [-0.4, -0.2) is 8.80 Å². The highest BCUT2D eigenvalue weighted by molar-refractivity contribution is 6.77. The second-order valence-corrected chi connectivity index (χ2v) is 8.08. The van der Waals surface area contributed by atoms with Crippen molar-refractivity contribution in [2.45, 2.75) is 16.6 Å². The molecule has 0 aromatic heterocycles. The van der Waals surface area contributed by atoms with Crippen LogP contribution in [0.3, 0.4) is 0 Å². The van der Waals surface area contributed by atoms with Crippen LogP contribution < -0.4 is 0 Å². The van der Waals surface area contributed by atoms with E-state index in [0.717, 1.165) is 0 Å². The summed E-state index contributed by atoms with van der Waals surface area (Å²) in [6.45, 7) is 0. The molecule has 1 heteroatoms. The molecule has 3 heterocycles. The van der Waals surface area contributed by atoms with Crippen molar-refractivity contribution < 1.29 is 0 Å². The second-order valence-electron chi connectivity index (χ2n) is 4.62. The van der Waals surface area contributed by atoms with Crippen molar-refractivity contribution in [1.82, 2.24) is 0 Å². The lowest BCUT2D eigenvalue weighted by atomic mass is 9.32.